The highest BCUT2D eigenvalue weighted by atomic mass is 16.5. The van der Waals surface area contributed by atoms with Gasteiger partial charge >= 0.3 is 0 Å². The molecule has 1 atom stereocenters. The van der Waals surface area contributed by atoms with Gasteiger partial charge in [-0.3, -0.25) is 4.79 Å². The van der Waals surface area contributed by atoms with Gasteiger partial charge in [0.2, 0.25) is 5.91 Å². The lowest BCUT2D eigenvalue weighted by Crippen LogP contribution is -2.52. The molecule has 2 aliphatic rings. The van der Waals surface area contributed by atoms with Crippen LogP contribution in [-0.2, 0) is 9.53 Å². The number of ether oxygens (including phenoxy) is 1. The molecule has 2 aliphatic heterocycles. The van der Waals surface area contributed by atoms with E-state index in [-0.39, 0.29) is 5.41 Å². The Balaban J connectivity index is 2.00. The number of carbonyl (C=O) groups excluding carboxylic acids is 1. The molecule has 0 radical (unpaired) electrons. The molecule has 0 spiro atoms. The zero-order valence-electron chi connectivity index (χ0n) is 12.2. The molecule has 4 nitrogen and oxygen atoms in total. The second-order valence-corrected chi connectivity index (χ2v) is 5.71. The maximum Gasteiger partial charge on any atom is 0.230 e. The standard InChI is InChI=1S/C15H26N2O2/c1-3-15(7-4-8-16-12-15)14(18)17-9-5-13(6-10-17)11-19-2/h5,16H,3-4,6-12H2,1-2H3. The average molecular weight is 266 g/mol. The quantitative estimate of drug-likeness (QED) is 0.785. The third kappa shape index (κ3) is 3.18. The first-order valence-corrected chi connectivity index (χ1v) is 7.39. The average Bonchev–Trinajstić information content (AvgIpc) is 2.48. The highest BCUT2D eigenvalue weighted by Gasteiger charge is 2.40. The van der Waals surface area contributed by atoms with E-state index in [1.807, 2.05) is 4.90 Å². The van der Waals surface area contributed by atoms with Gasteiger partial charge in [0.15, 0.2) is 0 Å². The third-order valence-corrected chi connectivity index (χ3v) is 4.52. The molecule has 1 saturated heterocycles. The number of carbonyl (C=O) groups is 1. The molecule has 1 amide bonds. The lowest BCUT2D eigenvalue weighted by Gasteiger charge is -2.40. The monoisotopic (exact) mass is 266 g/mol. The molecule has 1 unspecified atom stereocenters. The number of hydrogen-bond acceptors (Lipinski definition) is 3. The van der Waals surface area contributed by atoms with Gasteiger partial charge in [-0.1, -0.05) is 13.0 Å². The van der Waals surface area contributed by atoms with Crippen LogP contribution in [-0.4, -0.2) is 50.7 Å². The van der Waals surface area contributed by atoms with Crippen LogP contribution in [0.3, 0.4) is 0 Å². The molecule has 0 aliphatic carbocycles. The Labute approximate surface area is 116 Å². The fraction of sp³-hybridized carbons (Fsp3) is 0.800. The molecule has 2 rings (SSSR count). The number of nitrogens with zero attached hydrogens (tertiary/aromatic N) is 1. The summed E-state index contributed by atoms with van der Waals surface area (Å²) in [4.78, 5) is 14.8. The smallest absolute Gasteiger partial charge is 0.230 e. The SMILES string of the molecule is CCC1(C(=O)N2CC=C(COC)CC2)CCCNC1. The van der Waals surface area contributed by atoms with Crippen molar-refractivity contribution in [3.63, 3.8) is 0 Å². The van der Waals surface area contributed by atoms with Gasteiger partial charge < -0.3 is 15.0 Å². The third-order valence-electron chi connectivity index (χ3n) is 4.52. The molecular formula is C15H26N2O2. The van der Waals surface area contributed by atoms with Gasteiger partial charge in [-0.05, 0) is 37.8 Å². The molecular weight excluding hydrogens is 240 g/mol. The molecule has 0 aromatic rings. The fourth-order valence-electron chi connectivity index (χ4n) is 3.15. The topological polar surface area (TPSA) is 41.6 Å². The van der Waals surface area contributed by atoms with Crippen LogP contribution in [0.25, 0.3) is 0 Å². The van der Waals surface area contributed by atoms with E-state index in [4.69, 9.17) is 4.74 Å². The minimum Gasteiger partial charge on any atom is -0.380 e. The Morgan fingerprint density at radius 3 is 2.95 bits per heavy atom. The number of rotatable bonds is 4. The summed E-state index contributed by atoms with van der Waals surface area (Å²) in [7, 11) is 1.72. The Bertz CT molecular complexity index is 346. The fourth-order valence-corrected chi connectivity index (χ4v) is 3.15. The molecule has 0 aromatic carbocycles. The Hall–Kier alpha value is -0.870. The van der Waals surface area contributed by atoms with Crippen LogP contribution in [0.5, 0.6) is 0 Å². The number of methoxy groups -OCH3 is 1. The largest absolute Gasteiger partial charge is 0.380 e. The highest BCUT2D eigenvalue weighted by Crippen LogP contribution is 2.33. The molecule has 1 fully saturated rings. The first-order chi connectivity index (χ1) is 9.22. The van der Waals surface area contributed by atoms with Gasteiger partial charge in [0.25, 0.3) is 0 Å². The van der Waals surface area contributed by atoms with E-state index in [9.17, 15) is 4.79 Å². The number of piperidine rings is 1. The van der Waals surface area contributed by atoms with Crippen LogP contribution in [0, 0.1) is 5.41 Å². The highest BCUT2D eigenvalue weighted by molar-refractivity contribution is 5.83. The summed E-state index contributed by atoms with van der Waals surface area (Å²) in [6, 6.07) is 0. The Morgan fingerprint density at radius 1 is 1.58 bits per heavy atom. The molecule has 108 valence electrons. The van der Waals surface area contributed by atoms with E-state index < -0.39 is 0 Å². The normalized spacial score (nSPS) is 28.1. The van der Waals surface area contributed by atoms with Crippen molar-refractivity contribution in [3.05, 3.63) is 11.6 Å². The van der Waals surface area contributed by atoms with E-state index in [1.54, 1.807) is 7.11 Å². The Morgan fingerprint density at radius 2 is 2.42 bits per heavy atom. The van der Waals surface area contributed by atoms with Crippen molar-refractivity contribution < 1.29 is 9.53 Å². The minimum atomic E-state index is -0.162. The number of amides is 1. The number of nitrogens with one attached hydrogen (secondary N) is 1. The van der Waals surface area contributed by atoms with Crippen LogP contribution in [0.1, 0.15) is 32.6 Å². The van der Waals surface area contributed by atoms with Gasteiger partial charge in [0.1, 0.15) is 0 Å². The molecule has 4 heteroatoms. The summed E-state index contributed by atoms with van der Waals surface area (Å²) in [5.41, 5.74) is 1.16. The molecule has 0 saturated carbocycles. The summed E-state index contributed by atoms with van der Waals surface area (Å²) in [5.74, 6) is 0.343. The van der Waals surface area contributed by atoms with Crippen molar-refractivity contribution in [1.29, 1.82) is 0 Å². The van der Waals surface area contributed by atoms with Crippen LogP contribution in [0.15, 0.2) is 11.6 Å². The summed E-state index contributed by atoms with van der Waals surface area (Å²) >= 11 is 0. The van der Waals surface area contributed by atoms with Gasteiger partial charge in [0.05, 0.1) is 12.0 Å². The molecule has 0 aromatic heterocycles. The van der Waals surface area contributed by atoms with Crippen molar-refractivity contribution in [1.82, 2.24) is 10.2 Å². The van der Waals surface area contributed by atoms with Gasteiger partial charge in [-0.2, -0.15) is 0 Å². The van der Waals surface area contributed by atoms with Crippen LogP contribution in [0.2, 0.25) is 0 Å². The van der Waals surface area contributed by atoms with E-state index >= 15 is 0 Å². The van der Waals surface area contributed by atoms with Gasteiger partial charge in [0, 0.05) is 26.7 Å². The lowest BCUT2D eigenvalue weighted by atomic mass is 9.77. The van der Waals surface area contributed by atoms with E-state index in [0.717, 1.165) is 51.9 Å². The summed E-state index contributed by atoms with van der Waals surface area (Å²) in [6.07, 6.45) is 6.18. The first-order valence-electron chi connectivity index (χ1n) is 7.39. The molecule has 1 N–H and O–H groups in total. The van der Waals surface area contributed by atoms with Crippen LogP contribution in [0.4, 0.5) is 0 Å². The second kappa shape index (κ2) is 6.53. The van der Waals surface area contributed by atoms with Crippen molar-refractivity contribution in [2.45, 2.75) is 32.6 Å². The molecule has 2 heterocycles. The number of hydrogen-bond donors (Lipinski definition) is 1. The van der Waals surface area contributed by atoms with Gasteiger partial charge in [-0.15, -0.1) is 0 Å². The Kier molecular flexibility index (Phi) is 4.99. The minimum absolute atomic E-state index is 0.162. The maximum absolute atomic E-state index is 12.8. The first kappa shape index (κ1) is 14.5. The zero-order valence-corrected chi connectivity index (χ0v) is 12.2. The van der Waals surface area contributed by atoms with Crippen molar-refractivity contribution in [3.8, 4) is 0 Å². The summed E-state index contributed by atoms with van der Waals surface area (Å²) < 4.78 is 5.15. The molecule has 19 heavy (non-hydrogen) atoms. The zero-order chi connectivity index (χ0) is 13.7. The van der Waals surface area contributed by atoms with Crippen molar-refractivity contribution >= 4 is 5.91 Å². The second-order valence-electron chi connectivity index (χ2n) is 5.71. The van der Waals surface area contributed by atoms with Gasteiger partial charge in [-0.25, -0.2) is 0 Å². The summed E-state index contributed by atoms with van der Waals surface area (Å²) in [6.45, 7) is 6.32. The van der Waals surface area contributed by atoms with Crippen molar-refractivity contribution in [2.24, 2.45) is 5.41 Å². The molecule has 0 bridgehead atoms. The predicted octanol–water partition coefficient (Wildman–Crippen LogP) is 1.57. The van der Waals surface area contributed by atoms with Crippen molar-refractivity contribution in [2.75, 3.05) is 39.9 Å². The van der Waals surface area contributed by atoms with E-state index in [2.05, 4.69) is 18.3 Å². The maximum atomic E-state index is 12.8. The predicted molar refractivity (Wildman–Crippen MR) is 76.0 cm³/mol. The van der Waals surface area contributed by atoms with E-state index in [1.165, 1.54) is 5.57 Å². The lowest BCUT2D eigenvalue weighted by molar-refractivity contribution is -0.143. The van der Waals surface area contributed by atoms with E-state index in [0.29, 0.717) is 12.5 Å². The van der Waals surface area contributed by atoms with Crippen LogP contribution < -0.4 is 5.32 Å². The summed E-state index contributed by atoms with van der Waals surface area (Å²) in [5, 5.41) is 3.39. The van der Waals surface area contributed by atoms with Crippen LogP contribution >= 0.6 is 0 Å².